The van der Waals surface area contributed by atoms with Crippen LogP contribution < -0.4 is 0 Å². The van der Waals surface area contributed by atoms with Gasteiger partial charge in [0.1, 0.15) is 5.82 Å². The van der Waals surface area contributed by atoms with Crippen LogP contribution in [0.4, 0.5) is 4.39 Å². The maximum Gasteiger partial charge on any atom is 0.134 e. The van der Waals surface area contributed by atoms with Crippen molar-refractivity contribution in [1.82, 2.24) is 0 Å². The van der Waals surface area contributed by atoms with Gasteiger partial charge in [-0.1, -0.05) is 92.4 Å². The summed E-state index contributed by atoms with van der Waals surface area (Å²) in [5.41, 5.74) is 4.54. The van der Waals surface area contributed by atoms with Crippen molar-refractivity contribution in [2.75, 3.05) is 0 Å². The van der Waals surface area contributed by atoms with E-state index in [9.17, 15) is 4.39 Å². The van der Waals surface area contributed by atoms with Crippen LogP contribution >= 0.6 is 0 Å². The Bertz CT molecular complexity index is 1100. The number of hydrogen-bond acceptors (Lipinski definition) is 0. The molecule has 34 heavy (non-hydrogen) atoms. The monoisotopic (exact) mass is 454 g/mol. The fourth-order valence-corrected chi connectivity index (χ4v) is 5.51. The molecule has 4 rings (SSSR count). The van der Waals surface area contributed by atoms with Crippen molar-refractivity contribution < 1.29 is 4.39 Å². The molecular formula is C33H39F. The van der Waals surface area contributed by atoms with Gasteiger partial charge in [0, 0.05) is 5.39 Å². The summed E-state index contributed by atoms with van der Waals surface area (Å²) in [7, 11) is 0. The fraction of sp³-hybridized carbons (Fsp3) is 0.394. The number of rotatable bonds is 10. The maximum atomic E-state index is 14.9. The van der Waals surface area contributed by atoms with Crippen LogP contribution in [0, 0.1) is 17.7 Å². The topological polar surface area (TPSA) is 0 Å². The molecule has 0 aromatic heterocycles. The van der Waals surface area contributed by atoms with Crippen molar-refractivity contribution >= 4 is 10.8 Å². The molecule has 0 spiro atoms. The predicted molar refractivity (Wildman–Crippen MR) is 146 cm³/mol. The summed E-state index contributed by atoms with van der Waals surface area (Å²) < 4.78 is 14.9. The molecule has 3 aromatic carbocycles. The Hall–Kier alpha value is -2.67. The molecule has 0 bridgehead atoms. The molecule has 0 amide bonds. The van der Waals surface area contributed by atoms with Crippen LogP contribution in [-0.2, 0) is 12.8 Å². The number of benzene rings is 3. The molecule has 0 radical (unpaired) electrons. The third kappa shape index (κ3) is 6.26. The van der Waals surface area contributed by atoms with E-state index in [-0.39, 0.29) is 5.82 Å². The summed E-state index contributed by atoms with van der Waals surface area (Å²) in [6.07, 6.45) is 18.6. The van der Waals surface area contributed by atoms with Crippen LogP contribution in [-0.4, -0.2) is 0 Å². The first kappa shape index (κ1) is 24.5. The van der Waals surface area contributed by atoms with Gasteiger partial charge in [0.15, 0.2) is 0 Å². The smallest absolute Gasteiger partial charge is 0.134 e. The first-order chi connectivity index (χ1) is 16.7. The van der Waals surface area contributed by atoms with Gasteiger partial charge in [0.25, 0.3) is 0 Å². The highest BCUT2D eigenvalue weighted by molar-refractivity contribution is 5.88. The summed E-state index contributed by atoms with van der Waals surface area (Å²) in [4.78, 5) is 0. The van der Waals surface area contributed by atoms with Crippen LogP contribution in [0.1, 0.15) is 69.4 Å². The summed E-state index contributed by atoms with van der Waals surface area (Å²) in [6.45, 7) is 5.86. The Kier molecular flexibility index (Phi) is 8.74. The van der Waals surface area contributed by atoms with Crippen LogP contribution in [0.5, 0.6) is 0 Å². The van der Waals surface area contributed by atoms with Crippen molar-refractivity contribution in [2.24, 2.45) is 11.8 Å². The van der Waals surface area contributed by atoms with E-state index in [1.165, 1.54) is 62.5 Å². The van der Waals surface area contributed by atoms with E-state index in [2.05, 4.69) is 56.0 Å². The van der Waals surface area contributed by atoms with Gasteiger partial charge in [-0.3, -0.25) is 0 Å². The Morgan fingerprint density at radius 1 is 0.824 bits per heavy atom. The van der Waals surface area contributed by atoms with Crippen molar-refractivity contribution in [3.8, 4) is 11.1 Å². The van der Waals surface area contributed by atoms with Gasteiger partial charge in [-0.25, -0.2) is 4.39 Å². The predicted octanol–water partition coefficient (Wildman–Crippen LogP) is 9.86. The number of fused-ring (bicyclic) bond motifs is 1. The van der Waals surface area contributed by atoms with Gasteiger partial charge >= 0.3 is 0 Å². The van der Waals surface area contributed by atoms with Crippen LogP contribution in [0.2, 0.25) is 0 Å². The molecule has 1 fully saturated rings. The van der Waals surface area contributed by atoms with Crippen molar-refractivity contribution in [1.29, 1.82) is 0 Å². The molecule has 178 valence electrons. The first-order valence-electron chi connectivity index (χ1n) is 13.2. The highest BCUT2D eigenvalue weighted by atomic mass is 19.1. The lowest BCUT2D eigenvalue weighted by molar-refractivity contribution is 0.254. The van der Waals surface area contributed by atoms with Gasteiger partial charge < -0.3 is 0 Å². The first-order valence-corrected chi connectivity index (χ1v) is 13.2. The van der Waals surface area contributed by atoms with E-state index in [0.717, 1.165) is 34.8 Å². The number of hydrogen-bond donors (Lipinski definition) is 0. The van der Waals surface area contributed by atoms with E-state index in [1.807, 2.05) is 30.3 Å². The lowest BCUT2D eigenvalue weighted by atomic mass is 9.78. The number of allylic oxidation sites excluding steroid dienone is 3. The molecule has 3 aromatic rings. The second kappa shape index (κ2) is 12.2. The van der Waals surface area contributed by atoms with E-state index in [4.69, 9.17) is 0 Å². The summed E-state index contributed by atoms with van der Waals surface area (Å²) in [5, 5.41) is 1.67. The molecule has 0 aliphatic heterocycles. The molecule has 0 nitrogen and oxygen atoms in total. The second-order valence-corrected chi connectivity index (χ2v) is 10.1. The molecule has 1 heteroatoms. The molecular weight excluding hydrogens is 415 g/mol. The Morgan fingerprint density at radius 2 is 1.53 bits per heavy atom. The average molecular weight is 455 g/mol. The molecule has 0 heterocycles. The zero-order valence-electron chi connectivity index (χ0n) is 20.7. The van der Waals surface area contributed by atoms with E-state index in [1.54, 1.807) is 0 Å². The van der Waals surface area contributed by atoms with Crippen molar-refractivity contribution in [2.45, 2.75) is 71.1 Å². The molecule has 0 saturated heterocycles. The van der Waals surface area contributed by atoms with Gasteiger partial charge in [-0.2, -0.15) is 0 Å². The van der Waals surface area contributed by atoms with Crippen molar-refractivity contribution in [3.05, 3.63) is 96.3 Å². The highest BCUT2D eigenvalue weighted by Crippen LogP contribution is 2.34. The Morgan fingerprint density at radius 3 is 2.24 bits per heavy atom. The normalized spacial score (nSPS) is 18.5. The largest absolute Gasteiger partial charge is 0.206 e. The minimum Gasteiger partial charge on any atom is -0.206 e. The summed E-state index contributed by atoms with van der Waals surface area (Å²) in [6, 6.07) is 19.1. The van der Waals surface area contributed by atoms with E-state index < -0.39 is 0 Å². The molecule has 0 unspecified atom stereocenters. The lowest BCUT2D eigenvalue weighted by Gasteiger charge is -2.28. The zero-order chi connectivity index (χ0) is 23.8. The SMILES string of the molecule is C=CCCc1ccc2cc(-c3ccc(CCC4CCC(CC/C=C/C)CC4)cc3)ccc2c1F. The highest BCUT2D eigenvalue weighted by Gasteiger charge is 2.20. The Balaban J connectivity index is 1.33. The van der Waals surface area contributed by atoms with Gasteiger partial charge in [-0.15, -0.1) is 6.58 Å². The lowest BCUT2D eigenvalue weighted by Crippen LogP contribution is -2.15. The molecule has 1 aliphatic carbocycles. The van der Waals surface area contributed by atoms with E-state index >= 15 is 0 Å². The van der Waals surface area contributed by atoms with Crippen molar-refractivity contribution in [3.63, 3.8) is 0 Å². The van der Waals surface area contributed by atoms with Gasteiger partial charge in [0.2, 0.25) is 0 Å². The van der Waals surface area contributed by atoms with Crippen LogP contribution in [0.15, 0.2) is 79.4 Å². The number of halogens is 1. The molecule has 0 atom stereocenters. The fourth-order valence-electron chi connectivity index (χ4n) is 5.51. The van der Waals surface area contributed by atoms with Crippen LogP contribution in [0.3, 0.4) is 0 Å². The third-order valence-corrected chi connectivity index (χ3v) is 7.72. The number of aryl methyl sites for hydroxylation is 2. The molecule has 0 N–H and O–H groups in total. The van der Waals surface area contributed by atoms with Gasteiger partial charge in [0.05, 0.1) is 0 Å². The third-order valence-electron chi connectivity index (χ3n) is 7.72. The van der Waals surface area contributed by atoms with Gasteiger partial charge in [-0.05, 0) is 91.0 Å². The molecule has 1 aliphatic rings. The minimum absolute atomic E-state index is 0.0897. The standard InChI is InChI=1S/C33H39F/c1-3-5-7-8-25-10-12-26(13-11-25)14-15-27-16-18-28(19-17-27)30-22-23-32-31(24-30)21-20-29(33(32)34)9-6-4-2/h3-5,16-26H,2,6-15H2,1H3/b5-3+. The average Bonchev–Trinajstić information content (AvgIpc) is 2.88. The Labute approximate surface area is 205 Å². The molecule has 1 saturated carbocycles. The minimum atomic E-state index is -0.0897. The van der Waals surface area contributed by atoms with E-state index in [0.29, 0.717) is 11.8 Å². The summed E-state index contributed by atoms with van der Waals surface area (Å²) >= 11 is 0. The maximum absolute atomic E-state index is 14.9. The second-order valence-electron chi connectivity index (χ2n) is 10.1. The summed E-state index contributed by atoms with van der Waals surface area (Å²) in [5.74, 6) is 1.75. The zero-order valence-corrected chi connectivity index (χ0v) is 20.7. The van der Waals surface area contributed by atoms with Crippen LogP contribution in [0.25, 0.3) is 21.9 Å². The quantitative estimate of drug-likeness (QED) is 0.267.